The van der Waals surface area contributed by atoms with Crippen molar-refractivity contribution in [2.24, 2.45) is 0 Å². The summed E-state index contributed by atoms with van der Waals surface area (Å²) in [6.45, 7) is 3.90. The molecule has 1 heterocycles. The molecule has 2 rings (SSSR count). The zero-order valence-electron chi connectivity index (χ0n) is 9.23. The fourth-order valence-corrected chi connectivity index (χ4v) is 1.27. The highest BCUT2D eigenvalue weighted by Crippen LogP contribution is 2.04. The zero-order chi connectivity index (χ0) is 11.4. The van der Waals surface area contributed by atoms with E-state index in [-0.39, 0.29) is 0 Å². The minimum atomic E-state index is 0.461. The Kier molecular flexibility index (Phi) is 2.93. The third-order valence-corrected chi connectivity index (χ3v) is 2.13. The number of hydrogen-bond acceptors (Lipinski definition) is 3. The first kappa shape index (κ1) is 10.3. The fraction of sp³-hybridized carbons (Fsp3) is 0.154. The number of benzene rings is 1. The van der Waals surface area contributed by atoms with E-state index < -0.39 is 0 Å². The number of rotatable bonds is 0. The average Bonchev–Trinajstić information content (AvgIpc) is 2.28. The van der Waals surface area contributed by atoms with E-state index in [9.17, 15) is 0 Å². The molecule has 1 aromatic heterocycles. The molecule has 0 aliphatic rings. The van der Waals surface area contributed by atoms with Gasteiger partial charge in [-0.15, -0.1) is 5.10 Å². The van der Waals surface area contributed by atoms with Crippen LogP contribution in [0.2, 0.25) is 0 Å². The monoisotopic (exact) mass is 209 g/mol. The first-order valence-electron chi connectivity index (χ1n) is 5.00. The van der Waals surface area contributed by atoms with Crippen LogP contribution in [0.4, 0.5) is 0 Å². The number of aromatic nitrogens is 3. The topological polar surface area (TPSA) is 38.7 Å². The smallest absolute Gasteiger partial charge is 0.223 e. The van der Waals surface area contributed by atoms with Crippen LogP contribution < -0.4 is 0 Å². The highest BCUT2D eigenvalue weighted by Gasteiger charge is 1.93. The van der Waals surface area contributed by atoms with Crippen LogP contribution in [-0.2, 0) is 0 Å². The molecule has 0 aliphatic carbocycles. The lowest BCUT2D eigenvalue weighted by Crippen LogP contribution is -1.94. The molecule has 0 bridgehead atoms. The molecule has 2 aromatic rings. The molecule has 3 heteroatoms. The van der Waals surface area contributed by atoms with Gasteiger partial charge in [0.25, 0.3) is 0 Å². The predicted molar refractivity (Wildman–Crippen MR) is 61.7 cm³/mol. The second kappa shape index (κ2) is 4.54. The normalized spacial score (nSPS) is 9.38. The SMILES string of the molecule is Cc1cnnc(C#Cc2ccccc2C)n1. The van der Waals surface area contributed by atoms with E-state index in [1.165, 1.54) is 0 Å². The van der Waals surface area contributed by atoms with Crippen molar-refractivity contribution < 1.29 is 0 Å². The second-order valence-corrected chi connectivity index (χ2v) is 3.49. The molecule has 78 valence electrons. The highest BCUT2D eigenvalue weighted by atomic mass is 15.1. The Hall–Kier alpha value is -2.21. The van der Waals surface area contributed by atoms with E-state index in [4.69, 9.17) is 0 Å². The summed E-state index contributed by atoms with van der Waals surface area (Å²) < 4.78 is 0. The summed E-state index contributed by atoms with van der Waals surface area (Å²) in [5, 5.41) is 7.65. The molecule has 0 radical (unpaired) electrons. The van der Waals surface area contributed by atoms with Gasteiger partial charge in [-0.05, 0) is 31.4 Å². The van der Waals surface area contributed by atoms with Crippen LogP contribution in [-0.4, -0.2) is 15.2 Å². The van der Waals surface area contributed by atoms with Crippen LogP contribution in [0, 0.1) is 25.7 Å². The van der Waals surface area contributed by atoms with Gasteiger partial charge in [-0.2, -0.15) is 5.10 Å². The van der Waals surface area contributed by atoms with Gasteiger partial charge in [0.1, 0.15) is 0 Å². The summed E-state index contributed by atoms with van der Waals surface area (Å²) in [4.78, 5) is 4.17. The summed E-state index contributed by atoms with van der Waals surface area (Å²) in [5.74, 6) is 6.41. The number of hydrogen-bond donors (Lipinski definition) is 0. The molecule has 0 fully saturated rings. The van der Waals surface area contributed by atoms with Crippen LogP contribution in [0.3, 0.4) is 0 Å². The Labute approximate surface area is 94.6 Å². The van der Waals surface area contributed by atoms with Gasteiger partial charge in [0.05, 0.1) is 11.9 Å². The van der Waals surface area contributed by atoms with Gasteiger partial charge in [-0.3, -0.25) is 0 Å². The molecule has 0 saturated heterocycles. The molecule has 0 spiro atoms. The van der Waals surface area contributed by atoms with Crippen molar-refractivity contribution in [3.05, 3.63) is 53.1 Å². The molecular formula is C13H11N3. The molecule has 0 unspecified atom stereocenters. The minimum Gasteiger partial charge on any atom is -0.223 e. The molecule has 16 heavy (non-hydrogen) atoms. The lowest BCUT2D eigenvalue weighted by atomic mass is 10.1. The maximum atomic E-state index is 4.17. The van der Waals surface area contributed by atoms with Gasteiger partial charge < -0.3 is 0 Å². The molecule has 0 N–H and O–H groups in total. The predicted octanol–water partition coefficient (Wildman–Crippen LogP) is 1.89. The van der Waals surface area contributed by atoms with E-state index >= 15 is 0 Å². The standard InChI is InChI=1S/C13H11N3/c1-10-5-3-4-6-12(10)7-8-13-15-11(2)9-14-16-13/h3-6,9H,1-2H3. The van der Waals surface area contributed by atoms with Crippen molar-refractivity contribution in [1.29, 1.82) is 0 Å². The quantitative estimate of drug-likeness (QED) is 0.622. The van der Waals surface area contributed by atoms with Crippen LogP contribution in [0.15, 0.2) is 30.5 Å². The molecule has 0 saturated carbocycles. The maximum absolute atomic E-state index is 4.17. The summed E-state index contributed by atoms with van der Waals surface area (Å²) in [6, 6.07) is 7.96. The van der Waals surface area contributed by atoms with Crippen molar-refractivity contribution >= 4 is 0 Å². The van der Waals surface area contributed by atoms with Gasteiger partial charge in [0, 0.05) is 5.56 Å². The van der Waals surface area contributed by atoms with Crippen LogP contribution in [0.5, 0.6) is 0 Å². The van der Waals surface area contributed by atoms with E-state index in [1.807, 2.05) is 38.1 Å². The Morgan fingerprint density at radius 2 is 1.88 bits per heavy atom. The van der Waals surface area contributed by atoms with Gasteiger partial charge in [0.2, 0.25) is 5.82 Å². The molecule has 0 atom stereocenters. The molecule has 0 amide bonds. The summed E-state index contributed by atoms with van der Waals surface area (Å²) >= 11 is 0. The third kappa shape index (κ3) is 2.43. The zero-order valence-corrected chi connectivity index (χ0v) is 9.23. The van der Waals surface area contributed by atoms with E-state index in [1.54, 1.807) is 6.20 Å². The van der Waals surface area contributed by atoms with Crippen LogP contribution in [0.25, 0.3) is 0 Å². The van der Waals surface area contributed by atoms with Gasteiger partial charge in [-0.1, -0.05) is 24.1 Å². The van der Waals surface area contributed by atoms with Crippen molar-refractivity contribution in [3.8, 4) is 11.8 Å². The van der Waals surface area contributed by atoms with Crippen LogP contribution in [0.1, 0.15) is 22.6 Å². The number of nitrogens with zero attached hydrogens (tertiary/aromatic N) is 3. The van der Waals surface area contributed by atoms with Crippen molar-refractivity contribution in [2.75, 3.05) is 0 Å². The van der Waals surface area contributed by atoms with Crippen molar-refractivity contribution in [2.45, 2.75) is 13.8 Å². The highest BCUT2D eigenvalue weighted by molar-refractivity contribution is 5.42. The maximum Gasteiger partial charge on any atom is 0.226 e. The molecule has 3 nitrogen and oxygen atoms in total. The van der Waals surface area contributed by atoms with E-state index in [0.29, 0.717) is 5.82 Å². The first-order valence-corrected chi connectivity index (χ1v) is 5.00. The average molecular weight is 209 g/mol. The lowest BCUT2D eigenvalue weighted by Gasteiger charge is -1.94. The Balaban J connectivity index is 2.32. The summed E-state index contributed by atoms with van der Waals surface area (Å²) in [7, 11) is 0. The van der Waals surface area contributed by atoms with Crippen LogP contribution >= 0.6 is 0 Å². The lowest BCUT2D eigenvalue weighted by molar-refractivity contribution is 0.918. The minimum absolute atomic E-state index is 0.461. The first-order chi connectivity index (χ1) is 7.75. The van der Waals surface area contributed by atoms with E-state index in [2.05, 4.69) is 27.0 Å². The second-order valence-electron chi connectivity index (χ2n) is 3.49. The van der Waals surface area contributed by atoms with Gasteiger partial charge in [0.15, 0.2) is 0 Å². The molecule has 0 aliphatic heterocycles. The summed E-state index contributed by atoms with van der Waals surface area (Å²) in [5.41, 5.74) is 2.97. The third-order valence-electron chi connectivity index (χ3n) is 2.13. The fourth-order valence-electron chi connectivity index (χ4n) is 1.27. The van der Waals surface area contributed by atoms with E-state index in [0.717, 1.165) is 16.8 Å². The molecular weight excluding hydrogens is 198 g/mol. The van der Waals surface area contributed by atoms with Crippen molar-refractivity contribution in [1.82, 2.24) is 15.2 Å². The number of aryl methyl sites for hydroxylation is 2. The molecule has 1 aromatic carbocycles. The Morgan fingerprint density at radius 3 is 2.62 bits per heavy atom. The van der Waals surface area contributed by atoms with Crippen molar-refractivity contribution in [3.63, 3.8) is 0 Å². The Morgan fingerprint density at radius 1 is 1.06 bits per heavy atom. The summed E-state index contributed by atoms with van der Waals surface area (Å²) in [6.07, 6.45) is 1.61. The largest absolute Gasteiger partial charge is 0.226 e. The van der Waals surface area contributed by atoms with Gasteiger partial charge in [-0.25, -0.2) is 4.98 Å². The Bertz CT molecular complexity index is 565. The van der Waals surface area contributed by atoms with Gasteiger partial charge >= 0.3 is 0 Å².